The predicted octanol–water partition coefficient (Wildman–Crippen LogP) is 1.84. The highest BCUT2D eigenvalue weighted by atomic mass is 16.4. The van der Waals surface area contributed by atoms with Gasteiger partial charge in [-0.15, -0.1) is 0 Å². The van der Waals surface area contributed by atoms with Gasteiger partial charge in [0.1, 0.15) is 0 Å². The van der Waals surface area contributed by atoms with Crippen LogP contribution < -0.4 is 11.1 Å². The molecule has 5 heteroatoms. The van der Waals surface area contributed by atoms with Crippen LogP contribution in [0.4, 0.5) is 0 Å². The van der Waals surface area contributed by atoms with E-state index in [9.17, 15) is 9.59 Å². The highest BCUT2D eigenvalue weighted by Crippen LogP contribution is 2.14. The molecule has 1 N–H and O–H groups in total. The first-order valence-electron chi connectivity index (χ1n) is 6.82. The number of hydrogen-bond donors (Lipinski definition) is 1. The van der Waals surface area contributed by atoms with Crippen LogP contribution in [0.1, 0.15) is 25.8 Å². The van der Waals surface area contributed by atoms with Crippen molar-refractivity contribution in [3.63, 3.8) is 0 Å². The van der Waals surface area contributed by atoms with Crippen LogP contribution in [0.3, 0.4) is 0 Å². The number of carbonyl (C=O) groups is 1. The van der Waals surface area contributed by atoms with Gasteiger partial charge >= 0.3 is 5.76 Å². The number of carbonyl (C=O) groups excluding carboxylic acids is 1. The summed E-state index contributed by atoms with van der Waals surface area (Å²) >= 11 is 0. The van der Waals surface area contributed by atoms with Gasteiger partial charge in [-0.05, 0) is 30.0 Å². The highest BCUT2D eigenvalue weighted by Gasteiger charge is 2.07. The van der Waals surface area contributed by atoms with E-state index >= 15 is 0 Å². The van der Waals surface area contributed by atoms with Crippen LogP contribution in [0.15, 0.2) is 27.4 Å². The van der Waals surface area contributed by atoms with Crippen LogP contribution in [0.25, 0.3) is 11.1 Å². The van der Waals surface area contributed by atoms with Gasteiger partial charge in [-0.25, -0.2) is 4.79 Å². The molecule has 2 rings (SSSR count). The van der Waals surface area contributed by atoms with E-state index in [1.54, 1.807) is 7.05 Å². The molecule has 108 valence electrons. The van der Waals surface area contributed by atoms with Crippen molar-refractivity contribution < 1.29 is 9.21 Å². The summed E-state index contributed by atoms with van der Waals surface area (Å²) in [5, 5.41) is 2.89. The van der Waals surface area contributed by atoms with Crippen LogP contribution in [0, 0.1) is 5.92 Å². The molecule has 0 aliphatic heterocycles. The molecule has 5 nitrogen and oxygen atoms in total. The molecule has 0 aliphatic rings. The van der Waals surface area contributed by atoms with Gasteiger partial charge in [0, 0.05) is 20.0 Å². The lowest BCUT2D eigenvalue weighted by Crippen LogP contribution is -2.26. The Morgan fingerprint density at radius 2 is 2.15 bits per heavy atom. The van der Waals surface area contributed by atoms with Crippen molar-refractivity contribution in [2.75, 3.05) is 6.54 Å². The van der Waals surface area contributed by atoms with E-state index in [0.29, 0.717) is 24.5 Å². The minimum absolute atomic E-state index is 0.0762. The van der Waals surface area contributed by atoms with E-state index in [2.05, 4.69) is 5.32 Å². The molecule has 0 bridgehead atoms. The summed E-state index contributed by atoms with van der Waals surface area (Å²) in [7, 11) is 1.68. The monoisotopic (exact) mass is 276 g/mol. The van der Waals surface area contributed by atoms with Gasteiger partial charge in [-0.1, -0.05) is 19.9 Å². The van der Waals surface area contributed by atoms with Crippen LogP contribution in [-0.4, -0.2) is 17.0 Å². The van der Waals surface area contributed by atoms with E-state index in [-0.39, 0.29) is 11.7 Å². The van der Waals surface area contributed by atoms with Crippen LogP contribution in [0.2, 0.25) is 0 Å². The summed E-state index contributed by atoms with van der Waals surface area (Å²) in [5.41, 5.74) is 2.41. The third kappa shape index (κ3) is 3.29. The number of amides is 1. The first kappa shape index (κ1) is 14.4. The molecule has 0 aliphatic carbocycles. The number of rotatable bonds is 5. The molecular weight excluding hydrogens is 256 g/mol. The Hall–Kier alpha value is -2.04. The maximum absolute atomic E-state index is 11.5. The van der Waals surface area contributed by atoms with E-state index in [0.717, 1.165) is 17.5 Å². The Labute approximate surface area is 117 Å². The Kier molecular flexibility index (Phi) is 4.27. The summed E-state index contributed by atoms with van der Waals surface area (Å²) in [4.78, 5) is 22.9. The van der Waals surface area contributed by atoms with Gasteiger partial charge in [0.05, 0.1) is 5.52 Å². The third-order valence-corrected chi connectivity index (χ3v) is 3.19. The topological polar surface area (TPSA) is 64.2 Å². The molecular formula is C15H20N2O3. The largest absolute Gasteiger partial charge is 0.419 e. The van der Waals surface area contributed by atoms with Crippen LogP contribution >= 0.6 is 0 Å². The molecule has 0 atom stereocenters. The van der Waals surface area contributed by atoms with Crippen molar-refractivity contribution in [3.05, 3.63) is 34.3 Å². The van der Waals surface area contributed by atoms with E-state index in [1.807, 2.05) is 32.0 Å². The summed E-state index contributed by atoms with van der Waals surface area (Å²) in [6, 6.07) is 5.67. The number of oxazole rings is 1. The second kappa shape index (κ2) is 5.94. The second-order valence-electron chi connectivity index (χ2n) is 5.43. The van der Waals surface area contributed by atoms with Gasteiger partial charge in [0.15, 0.2) is 5.58 Å². The molecule has 1 aromatic carbocycles. The first-order chi connectivity index (χ1) is 9.47. The molecule has 2 aromatic rings. The molecule has 0 radical (unpaired) electrons. The standard InChI is InChI=1S/C15H20N2O3/c1-10(2)8-14(18)16-7-6-11-4-5-12-13(9-11)20-15(19)17(12)3/h4-5,9-10H,6-8H2,1-3H3,(H,16,18). The maximum atomic E-state index is 11.5. The molecule has 0 fully saturated rings. The van der Waals surface area contributed by atoms with E-state index in [1.165, 1.54) is 4.57 Å². The zero-order chi connectivity index (χ0) is 14.7. The summed E-state index contributed by atoms with van der Waals surface area (Å²) in [6.07, 6.45) is 1.27. The lowest BCUT2D eigenvalue weighted by molar-refractivity contribution is -0.121. The SMILES string of the molecule is CC(C)CC(=O)NCCc1ccc2c(c1)oc(=O)n2C. The molecule has 20 heavy (non-hydrogen) atoms. The van der Waals surface area contributed by atoms with Gasteiger partial charge in [-0.3, -0.25) is 9.36 Å². The quantitative estimate of drug-likeness (QED) is 0.906. The van der Waals surface area contributed by atoms with E-state index in [4.69, 9.17) is 4.42 Å². The predicted molar refractivity (Wildman–Crippen MR) is 77.6 cm³/mol. The zero-order valence-corrected chi connectivity index (χ0v) is 12.1. The normalized spacial score (nSPS) is 11.2. The highest BCUT2D eigenvalue weighted by molar-refractivity contribution is 5.76. The minimum atomic E-state index is -0.359. The smallest absolute Gasteiger partial charge is 0.408 e. The fraction of sp³-hybridized carbons (Fsp3) is 0.467. The van der Waals surface area contributed by atoms with Gasteiger partial charge in [0.25, 0.3) is 0 Å². The van der Waals surface area contributed by atoms with Crippen molar-refractivity contribution in [3.8, 4) is 0 Å². The summed E-state index contributed by atoms with van der Waals surface area (Å²) in [6.45, 7) is 4.63. The van der Waals surface area contributed by atoms with E-state index < -0.39 is 0 Å². The fourth-order valence-electron chi connectivity index (χ4n) is 2.12. The molecule has 1 heterocycles. The lowest BCUT2D eigenvalue weighted by atomic mass is 10.1. The number of fused-ring (bicyclic) bond motifs is 1. The second-order valence-corrected chi connectivity index (χ2v) is 5.43. The zero-order valence-electron chi connectivity index (χ0n) is 12.1. The minimum Gasteiger partial charge on any atom is -0.408 e. The molecule has 1 aromatic heterocycles. The number of hydrogen-bond acceptors (Lipinski definition) is 3. The summed E-state index contributed by atoms with van der Waals surface area (Å²) < 4.78 is 6.62. The summed E-state index contributed by atoms with van der Waals surface area (Å²) in [5.74, 6) is 0.0830. The van der Waals surface area contributed by atoms with Crippen molar-refractivity contribution in [1.29, 1.82) is 0 Å². The Morgan fingerprint density at radius 1 is 1.40 bits per heavy atom. The molecule has 1 amide bonds. The lowest BCUT2D eigenvalue weighted by Gasteiger charge is -2.07. The number of aryl methyl sites for hydroxylation is 1. The molecule has 0 spiro atoms. The van der Waals surface area contributed by atoms with Crippen LogP contribution in [-0.2, 0) is 18.3 Å². The molecule has 0 saturated carbocycles. The molecule has 0 unspecified atom stereocenters. The third-order valence-electron chi connectivity index (χ3n) is 3.19. The fourth-order valence-corrected chi connectivity index (χ4v) is 2.12. The van der Waals surface area contributed by atoms with Gasteiger partial charge in [-0.2, -0.15) is 0 Å². The Morgan fingerprint density at radius 3 is 2.85 bits per heavy atom. The van der Waals surface area contributed by atoms with Crippen LogP contribution in [0.5, 0.6) is 0 Å². The Bertz CT molecular complexity index is 667. The first-order valence-corrected chi connectivity index (χ1v) is 6.82. The number of aromatic nitrogens is 1. The maximum Gasteiger partial charge on any atom is 0.419 e. The number of nitrogens with zero attached hydrogens (tertiary/aromatic N) is 1. The average Bonchev–Trinajstić information content (AvgIpc) is 2.64. The van der Waals surface area contributed by atoms with Gasteiger partial charge < -0.3 is 9.73 Å². The molecule has 0 saturated heterocycles. The Balaban J connectivity index is 1.97. The van der Waals surface area contributed by atoms with Crippen molar-refractivity contribution in [1.82, 2.24) is 9.88 Å². The van der Waals surface area contributed by atoms with Crippen molar-refractivity contribution in [2.24, 2.45) is 13.0 Å². The van der Waals surface area contributed by atoms with Crippen molar-refractivity contribution in [2.45, 2.75) is 26.7 Å². The number of nitrogens with one attached hydrogen (secondary N) is 1. The average molecular weight is 276 g/mol. The van der Waals surface area contributed by atoms with Crippen molar-refractivity contribution >= 4 is 17.0 Å². The number of benzene rings is 1. The van der Waals surface area contributed by atoms with Gasteiger partial charge in [0.2, 0.25) is 5.91 Å².